The first kappa shape index (κ1) is 18.9. The van der Waals surface area contributed by atoms with Gasteiger partial charge in [-0.2, -0.15) is 9.97 Å². The highest BCUT2D eigenvalue weighted by Crippen LogP contribution is 2.28. The van der Waals surface area contributed by atoms with Crippen molar-refractivity contribution in [2.24, 2.45) is 0 Å². The maximum Gasteiger partial charge on any atom is 0.253 e. The molecule has 1 aromatic carbocycles. The Labute approximate surface area is 176 Å². The first-order chi connectivity index (χ1) is 14.7. The predicted octanol–water partition coefficient (Wildman–Crippen LogP) is 4.24. The molecule has 2 aromatic heterocycles. The van der Waals surface area contributed by atoms with Crippen LogP contribution >= 0.6 is 0 Å². The van der Waals surface area contributed by atoms with E-state index in [0.29, 0.717) is 0 Å². The van der Waals surface area contributed by atoms with Gasteiger partial charge in [0.2, 0.25) is 5.95 Å². The Morgan fingerprint density at radius 2 is 1.67 bits per heavy atom. The molecule has 2 saturated heterocycles. The second-order valence-electron chi connectivity index (χ2n) is 8.34. The van der Waals surface area contributed by atoms with E-state index in [0.717, 1.165) is 78.8 Å². The van der Waals surface area contributed by atoms with Gasteiger partial charge in [-0.05, 0) is 69.4 Å². The van der Waals surface area contributed by atoms with Gasteiger partial charge in [0.1, 0.15) is 11.5 Å². The van der Waals surface area contributed by atoms with Crippen LogP contribution in [0, 0.1) is 6.92 Å². The Balaban J connectivity index is 1.40. The summed E-state index contributed by atoms with van der Waals surface area (Å²) in [4.78, 5) is 29.8. The highest BCUT2D eigenvalue weighted by Gasteiger charge is 2.20. The fourth-order valence-electron chi connectivity index (χ4n) is 4.40. The van der Waals surface area contributed by atoms with Crippen LogP contribution in [0.15, 0.2) is 30.3 Å². The Morgan fingerprint density at radius 1 is 0.967 bits per heavy atom. The fourth-order valence-corrected chi connectivity index (χ4v) is 4.40. The molecule has 4 heterocycles. The summed E-state index contributed by atoms with van der Waals surface area (Å²) < 4.78 is 0. The summed E-state index contributed by atoms with van der Waals surface area (Å²) in [5, 5.41) is 4.42. The molecule has 7 heteroatoms. The first-order valence-electron chi connectivity index (χ1n) is 11.0. The van der Waals surface area contributed by atoms with Gasteiger partial charge < -0.3 is 20.1 Å². The van der Waals surface area contributed by atoms with Gasteiger partial charge in [-0.1, -0.05) is 0 Å². The molecule has 0 radical (unpaired) electrons. The molecule has 0 spiro atoms. The summed E-state index contributed by atoms with van der Waals surface area (Å²) in [5.41, 5.74) is 3.56. The van der Waals surface area contributed by atoms with Gasteiger partial charge in [0, 0.05) is 43.1 Å². The summed E-state index contributed by atoms with van der Waals surface area (Å²) in [6.07, 6.45) is 5.79. The quantitative estimate of drug-likeness (QED) is 0.680. The van der Waals surface area contributed by atoms with Crippen molar-refractivity contribution >= 4 is 34.4 Å². The molecule has 7 nitrogen and oxygen atoms in total. The van der Waals surface area contributed by atoms with Crippen LogP contribution in [0.25, 0.3) is 11.0 Å². The van der Waals surface area contributed by atoms with Crippen molar-refractivity contribution in [3.05, 3.63) is 41.6 Å². The van der Waals surface area contributed by atoms with Gasteiger partial charge >= 0.3 is 0 Å². The normalized spacial score (nSPS) is 17.0. The van der Waals surface area contributed by atoms with Crippen molar-refractivity contribution in [2.45, 2.75) is 39.0 Å². The number of carbonyl (C=O) groups excluding carboxylic acids is 1. The maximum absolute atomic E-state index is 12.7. The number of nitrogens with one attached hydrogen (secondary N) is 2. The molecule has 3 aromatic rings. The highest BCUT2D eigenvalue weighted by molar-refractivity contribution is 5.95. The van der Waals surface area contributed by atoms with Gasteiger partial charge in [-0.25, -0.2) is 0 Å². The summed E-state index contributed by atoms with van der Waals surface area (Å²) in [5.74, 6) is 1.69. The molecule has 30 heavy (non-hydrogen) atoms. The number of piperidine rings is 1. The van der Waals surface area contributed by atoms with Crippen molar-refractivity contribution in [1.82, 2.24) is 19.9 Å². The second kappa shape index (κ2) is 7.97. The number of likely N-dealkylation sites (tertiary alicyclic amines) is 1. The Kier molecular flexibility index (Phi) is 5.02. The van der Waals surface area contributed by atoms with Gasteiger partial charge in [0.25, 0.3) is 5.91 Å². The fraction of sp³-hybridized carbons (Fsp3) is 0.435. The van der Waals surface area contributed by atoms with Crippen molar-refractivity contribution in [2.75, 3.05) is 36.4 Å². The topological polar surface area (TPSA) is 77.2 Å². The summed E-state index contributed by atoms with van der Waals surface area (Å²) in [6, 6.07) is 9.79. The minimum absolute atomic E-state index is 0.128. The maximum atomic E-state index is 12.7. The van der Waals surface area contributed by atoms with E-state index >= 15 is 0 Å². The molecule has 1 amide bonds. The molecule has 2 aliphatic heterocycles. The zero-order valence-electron chi connectivity index (χ0n) is 17.4. The van der Waals surface area contributed by atoms with Crippen LogP contribution in [-0.2, 0) is 0 Å². The molecule has 0 unspecified atom stereocenters. The monoisotopic (exact) mass is 404 g/mol. The van der Waals surface area contributed by atoms with E-state index in [9.17, 15) is 4.79 Å². The molecule has 0 saturated carbocycles. The van der Waals surface area contributed by atoms with Crippen molar-refractivity contribution in [3.63, 3.8) is 0 Å². The standard InChI is InChI=1S/C23H28N6O/c1-16-15-19-20(24-16)26-23(29-13-5-6-14-29)27-21(19)25-18-9-7-17(8-10-18)22(30)28-11-3-2-4-12-28/h7-10,15H,2-6,11-14H2,1H3,(H2,24,25,26,27). The van der Waals surface area contributed by atoms with E-state index in [2.05, 4.69) is 21.3 Å². The number of aromatic amines is 1. The third-order valence-corrected chi connectivity index (χ3v) is 6.04. The van der Waals surface area contributed by atoms with E-state index in [1.54, 1.807) is 0 Å². The van der Waals surface area contributed by atoms with E-state index in [-0.39, 0.29) is 5.91 Å². The summed E-state index contributed by atoms with van der Waals surface area (Å²) in [6.45, 7) is 5.76. The Bertz CT molecular complexity index is 1050. The summed E-state index contributed by atoms with van der Waals surface area (Å²) >= 11 is 0. The van der Waals surface area contributed by atoms with Crippen molar-refractivity contribution < 1.29 is 4.79 Å². The summed E-state index contributed by atoms with van der Waals surface area (Å²) in [7, 11) is 0. The van der Waals surface area contributed by atoms with E-state index in [1.165, 1.54) is 19.3 Å². The van der Waals surface area contributed by atoms with Crippen LogP contribution in [0.1, 0.15) is 48.2 Å². The average molecular weight is 405 g/mol. The number of fused-ring (bicyclic) bond motifs is 1. The number of aryl methyl sites for hydroxylation is 1. The van der Waals surface area contributed by atoms with Gasteiger partial charge in [-0.3, -0.25) is 4.79 Å². The minimum Gasteiger partial charge on any atom is -0.343 e. The number of aromatic nitrogens is 3. The number of rotatable bonds is 4. The number of anilines is 3. The molecular formula is C23H28N6O. The molecule has 2 aliphatic rings. The van der Waals surface area contributed by atoms with E-state index in [4.69, 9.17) is 9.97 Å². The Hall–Kier alpha value is -3.09. The molecule has 0 bridgehead atoms. The lowest BCUT2D eigenvalue weighted by Crippen LogP contribution is -2.35. The smallest absolute Gasteiger partial charge is 0.253 e. The number of H-pyrrole nitrogens is 1. The minimum atomic E-state index is 0.128. The molecule has 0 aliphatic carbocycles. The predicted molar refractivity (Wildman–Crippen MR) is 120 cm³/mol. The van der Waals surface area contributed by atoms with Crippen LogP contribution in [0.3, 0.4) is 0 Å². The molecule has 2 fully saturated rings. The molecule has 0 atom stereocenters. The van der Waals surface area contributed by atoms with Crippen molar-refractivity contribution in [3.8, 4) is 0 Å². The van der Waals surface area contributed by atoms with Crippen LogP contribution in [0.5, 0.6) is 0 Å². The molecule has 5 rings (SSSR count). The Morgan fingerprint density at radius 3 is 2.40 bits per heavy atom. The van der Waals surface area contributed by atoms with E-state index < -0.39 is 0 Å². The third-order valence-electron chi connectivity index (χ3n) is 6.04. The van der Waals surface area contributed by atoms with Crippen LogP contribution in [0.2, 0.25) is 0 Å². The van der Waals surface area contributed by atoms with Gasteiger partial charge in [0.15, 0.2) is 0 Å². The lowest BCUT2D eigenvalue weighted by Gasteiger charge is -2.26. The lowest BCUT2D eigenvalue weighted by atomic mass is 10.1. The number of hydrogen-bond donors (Lipinski definition) is 2. The zero-order valence-corrected chi connectivity index (χ0v) is 17.4. The number of nitrogens with zero attached hydrogens (tertiary/aromatic N) is 4. The second-order valence-corrected chi connectivity index (χ2v) is 8.34. The molecule has 2 N–H and O–H groups in total. The van der Waals surface area contributed by atoms with Crippen LogP contribution in [-0.4, -0.2) is 51.9 Å². The third kappa shape index (κ3) is 3.72. The van der Waals surface area contributed by atoms with Gasteiger partial charge in [0.05, 0.1) is 5.39 Å². The highest BCUT2D eigenvalue weighted by atomic mass is 16.2. The van der Waals surface area contributed by atoms with Crippen molar-refractivity contribution in [1.29, 1.82) is 0 Å². The van der Waals surface area contributed by atoms with Crippen LogP contribution < -0.4 is 10.2 Å². The molecular weight excluding hydrogens is 376 g/mol. The molecule has 156 valence electrons. The first-order valence-corrected chi connectivity index (χ1v) is 11.0. The largest absolute Gasteiger partial charge is 0.343 e. The van der Waals surface area contributed by atoms with E-state index in [1.807, 2.05) is 36.1 Å². The SMILES string of the molecule is Cc1cc2c(Nc3ccc(C(=O)N4CCCCC4)cc3)nc(N3CCCC3)nc2[nH]1. The zero-order chi connectivity index (χ0) is 20.5. The number of amides is 1. The van der Waals surface area contributed by atoms with Crippen LogP contribution in [0.4, 0.5) is 17.5 Å². The lowest BCUT2D eigenvalue weighted by molar-refractivity contribution is 0.0724. The number of carbonyl (C=O) groups is 1. The number of hydrogen-bond acceptors (Lipinski definition) is 5. The average Bonchev–Trinajstić information content (AvgIpc) is 3.44. The number of benzene rings is 1. The van der Waals surface area contributed by atoms with Gasteiger partial charge in [-0.15, -0.1) is 0 Å².